The number of benzene rings is 1. The van der Waals surface area contributed by atoms with Gasteiger partial charge >= 0.3 is 0 Å². The van der Waals surface area contributed by atoms with Crippen LogP contribution in [-0.4, -0.2) is 22.2 Å². The summed E-state index contributed by atoms with van der Waals surface area (Å²) in [5, 5.41) is 3.52. The Morgan fingerprint density at radius 1 is 1.40 bits per heavy atom. The van der Waals surface area contributed by atoms with Gasteiger partial charge in [-0.25, -0.2) is 4.98 Å². The molecule has 4 heteroatoms. The number of hydrogen-bond donors (Lipinski definition) is 1. The number of nitrogens with one attached hydrogen (secondary N) is 1. The predicted octanol–water partition coefficient (Wildman–Crippen LogP) is 2.52. The summed E-state index contributed by atoms with van der Waals surface area (Å²) in [5.41, 5.74) is 1.29. The molecule has 0 amide bonds. The summed E-state index contributed by atoms with van der Waals surface area (Å²) >= 11 is 0. The van der Waals surface area contributed by atoms with E-state index in [1.165, 1.54) is 18.4 Å². The SMILES string of the molecule is Cc1nccn1CCOc1cccc(CNC2CC2)c1. The largest absolute Gasteiger partial charge is 0.492 e. The van der Waals surface area contributed by atoms with Crippen LogP contribution in [0.2, 0.25) is 0 Å². The molecule has 1 heterocycles. The lowest BCUT2D eigenvalue weighted by atomic mass is 10.2. The summed E-state index contributed by atoms with van der Waals surface area (Å²) in [6.45, 7) is 4.43. The second-order valence-electron chi connectivity index (χ2n) is 5.32. The standard InChI is InChI=1S/C16H21N3O/c1-13-17-7-8-19(13)9-10-20-16-4-2-3-14(11-16)12-18-15-5-6-15/h2-4,7-8,11,15,18H,5-6,9-10,12H2,1H3. The van der Waals surface area contributed by atoms with Gasteiger partial charge < -0.3 is 14.6 Å². The Morgan fingerprint density at radius 2 is 2.30 bits per heavy atom. The number of ether oxygens (including phenoxy) is 1. The van der Waals surface area contributed by atoms with Crippen molar-refractivity contribution in [1.82, 2.24) is 14.9 Å². The molecule has 106 valence electrons. The Hall–Kier alpha value is -1.81. The number of hydrogen-bond acceptors (Lipinski definition) is 3. The maximum Gasteiger partial charge on any atom is 0.119 e. The van der Waals surface area contributed by atoms with Crippen LogP contribution in [0.4, 0.5) is 0 Å². The van der Waals surface area contributed by atoms with Crippen LogP contribution in [0.25, 0.3) is 0 Å². The van der Waals surface area contributed by atoms with Crippen molar-refractivity contribution in [1.29, 1.82) is 0 Å². The third-order valence-electron chi connectivity index (χ3n) is 3.60. The lowest BCUT2D eigenvalue weighted by Crippen LogP contribution is -2.15. The molecule has 1 aromatic heterocycles. The van der Waals surface area contributed by atoms with Gasteiger partial charge in [0, 0.05) is 25.0 Å². The van der Waals surface area contributed by atoms with Gasteiger partial charge in [0.05, 0.1) is 6.54 Å². The van der Waals surface area contributed by atoms with E-state index in [0.717, 1.165) is 30.7 Å². The van der Waals surface area contributed by atoms with E-state index in [2.05, 4.69) is 33.1 Å². The van der Waals surface area contributed by atoms with Gasteiger partial charge in [-0.3, -0.25) is 0 Å². The fourth-order valence-corrected chi connectivity index (χ4v) is 2.20. The molecule has 1 saturated carbocycles. The second-order valence-corrected chi connectivity index (χ2v) is 5.32. The zero-order valence-corrected chi connectivity index (χ0v) is 11.9. The molecule has 1 N–H and O–H groups in total. The average molecular weight is 271 g/mol. The molecule has 0 saturated heterocycles. The minimum absolute atomic E-state index is 0.663. The molecule has 0 aliphatic heterocycles. The van der Waals surface area contributed by atoms with E-state index in [-0.39, 0.29) is 0 Å². The van der Waals surface area contributed by atoms with E-state index >= 15 is 0 Å². The van der Waals surface area contributed by atoms with Crippen LogP contribution in [0.3, 0.4) is 0 Å². The first-order chi connectivity index (χ1) is 9.81. The molecule has 3 rings (SSSR count). The highest BCUT2D eigenvalue weighted by molar-refractivity contribution is 5.28. The summed E-state index contributed by atoms with van der Waals surface area (Å²) in [6, 6.07) is 9.07. The summed E-state index contributed by atoms with van der Waals surface area (Å²) in [5.74, 6) is 1.97. The van der Waals surface area contributed by atoms with Crippen LogP contribution in [0.15, 0.2) is 36.7 Å². The fraction of sp³-hybridized carbons (Fsp3) is 0.438. The van der Waals surface area contributed by atoms with Crippen LogP contribution >= 0.6 is 0 Å². The summed E-state index contributed by atoms with van der Waals surface area (Å²) < 4.78 is 7.92. The first-order valence-electron chi connectivity index (χ1n) is 7.24. The molecule has 20 heavy (non-hydrogen) atoms. The Bertz CT molecular complexity index is 560. The predicted molar refractivity (Wildman–Crippen MR) is 78.8 cm³/mol. The molecule has 0 unspecified atom stereocenters. The number of aryl methyl sites for hydroxylation is 1. The Morgan fingerprint density at radius 3 is 3.05 bits per heavy atom. The number of aromatic nitrogens is 2. The van der Waals surface area contributed by atoms with Crippen LogP contribution in [0.1, 0.15) is 24.2 Å². The van der Waals surface area contributed by atoms with Gasteiger partial charge in [0.25, 0.3) is 0 Å². The molecule has 0 bridgehead atoms. The maximum atomic E-state index is 5.82. The van der Waals surface area contributed by atoms with Crippen molar-refractivity contribution in [3.8, 4) is 5.75 Å². The monoisotopic (exact) mass is 271 g/mol. The molecule has 1 aliphatic carbocycles. The molecular weight excluding hydrogens is 250 g/mol. The highest BCUT2D eigenvalue weighted by Crippen LogP contribution is 2.20. The summed E-state index contributed by atoms with van der Waals surface area (Å²) in [4.78, 5) is 4.20. The van der Waals surface area contributed by atoms with E-state index in [1.807, 2.05) is 25.4 Å². The maximum absolute atomic E-state index is 5.82. The van der Waals surface area contributed by atoms with Gasteiger partial charge in [0.15, 0.2) is 0 Å². The molecule has 4 nitrogen and oxygen atoms in total. The molecule has 1 fully saturated rings. The van der Waals surface area contributed by atoms with E-state index in [0.29, 0.717) is 6.61 Å². The minimum Gasteiger partial charge on any atom is -0.492 e. The highest BCUT2D eigenvalue weighted by atomic mass is 16.5. The van der Waals surface area contributed by atoms with Crippen molar-refractivity contribution in [2.75, 3.05) is 6.61 Å². The third kappa shape index (κ3) is 3.61. The number of rotatable bonds is 7. The van der Waals surface area contributed by atoms with Crippen LogP contribution in [0.5, 0.6) is 5.75 Å². The highest BCUT2D eigenvalue weighted by Gasteiger charge is 2.19. The Labute approximate surface area is 119 Å². The molecule has 1 aromatic carbocycles. The quantitative estimate of drug-likeness (QED) is 0.841. The van der Waals surface area contributed by atoms with Gasteiger partial charge in [-0.15, -0.1) is 0 Å². The van der Waals surface area contributed by atoms with Crippen molar-refractivity contribution in [3.05, 3.63) is 48.0 Å². The molecule has 0 spiro atoms. The van der Waals surface area contributed by atoms with E-state index in [1.54, 1.807) is 0 Å². The molecule has 0 atom stereocenters. The first kappa shape index (κ1) is 13.2. The zero-order valence-electron chi connectivity index (χ0n) is 11.9. The van der Waals surface area contributed by atoms with Crippen molar-refractivity contribution >= 4 is 0 Å². The lowest BCUT2D eigenvalue weighted by Gasteiger charge is -2.10. The lowest BCUT2D eigenvalue weighted by molar-refractivity contribution is 0.296. The van der Waals surface area contributed by atoms with Gasteiger partial charge in [-0.05, 0) is 37.5 Å². The van der Waals surface area contributed by atoms with Crippen LogP contribution < -0.4 is 10.1 Å². The molecule has 0 radical (unpaired) electrons. The van der Waals surface area contributed by atoms with Gasteiger partial charge in [-0.2, -0.15) is 0 Å². The van der Waals surface area contributed by atoms with Crippen molar-refractivity contribution in [2.24, 2.45) is 0 Å². The van der Waals surface area contributed by atoms with E-state index < -0.39 is 0 Å². The Balaban J connectivity index is 1.49. The molecule has 2 aromatic rings. The number of nitrogens with zero attached hydrogens (tertiary/aromatic N) is 2. The van der Waals surface area contributed by atoms with E-state index in [4.69, 9.17) is 4.74 Å². The summed E-state index contributed by atoms with van der Waals surface area (Å²) in [7, 11) is 0. The van der Waals surface area contributed by atoms with Crippen LogP contribution in [0, 0.1) is 6.92 Å². The fourth-order valence-electron chi connectivity index (χ4n) is 2.20. The van der Waals surface area contributed by atoms with Crippen molar-refractivity contribution < 1.29 is 4.74 Å². The second kappa shape index (κ2) is 6.09. The van der Waals surface area contributed by atoms with E-state index in [9.17, 15) is 0 Å². The smallest absolute Gasteiger partial charge is 0.119 e. The first-order valence-corrected chi connectivity index (χ1v) is 7.24. The topological polar surface area (TPSA) is 39.1 Å². The minimum atomic E-state index is 0.663. The van der Waals surface area contributed by atoms with Gasteiger partial charge in [-0.1, -0.05) is 12.1 Å². The normalized spacial score (nSPS) is 14.4. The average Bonchev–Trinajstić information content (AvgIpc) is 3.20. The van der Waals surface area contributed by atoms with Crippen LogP contribution in [-0.2, 0) is 13.1 Å². The molecular formula is C16H21N3O. The van der Waals surface area contributed by atoms with Crippen molar-refractivity contribution in [3.63, 3.8) is 0 Å². The van der Waals surface area contributed by atoms with Crippen molar-refractivity contribution in [2.45, 2.75) is 38.9 Å². The third-order valence-corrected chi connectivity index (χ3v) is 3.60. The van der Waals surface area contributed by atoms with Gasteiger partial charge in [0.2, 0.25) is 0 Å². The zero-order chi connectivity index (χ0) is 13.8. The Kier molecular flexibility index (Phi) is 4.02. The van der Waals surface area contributed by atoms with Gasteiger partial charge in [0.1, 0.15) is 18.2 Å². The summed E-state index contributed by atoms with van der Waals surface area (Å²) in [6.07, 6.45) is 6.44. The number of imidazole rings is 1. The molecule has 1 aliphatic rings.